The van der Waals surface area contributed by atoms with Crippen molar-refractivity contribution in [1.29, 1.82) is 0 Å². The number of nitrogens with zero attached hydrogens (tertiary/aromatic N) is 1. The van der Waals surface area contributed by atoms with E-state index in [2.05, 4.69) is 0 Å². The molecule has 1 aliphatic rings. The molecule has 1 unspecified atom stereocenters. The van der Waals surface area contributed by atoms with Gasteiger partial charge in [0.25, 0.3) is 5.24 Å². The Labute approximate surface area is 139 Å². The SMILES string of the molecule is Cc1ccccc1OCc1ccccc1N1C(=O)SC(C)C1=O. The number of carbonyl (C=O) groups excluding carboxylic acids is 2. The minimum absolute atomic E-state index is 0.177. The molecule has 2 amide bonds. The monoisotopic (exact) mass is 327 g/mol. The van der Waals surface area contributed by atoms with Crippen LogP contribution < -0.4 is 9.64 Å². The fourth-order valence-electron chi connectivity index (χ4n) is 2.47. The second kappa shape index (κ2) is 6.46. The topological polar surface area (TPSA) is 46.6 Å². The first-order valence-corrected chi connectivity index (χ1v) is 8.27. The van der Waals surface area contributed by atoms with Crippen molar-refractivity contribution >= 4 is 28.6 Å². The first-order valence-electron chi connectivity index (χ1n) is 7.39. The molecule has 1 heterocycles. The summed E-state index contributed by atoms with van der Waals surface area (Å²) in [4.78, 5) is 25.6. The predicted octanol–water partition coefficient (Wildman–Crippen LogP) is 4.16. The van der Waals surface area contributed by atoms with Gasteiger partial charge >= 0.3 is 0 Å². The molecule has 23 heavy (non-hydrogen) atoms. The smallest absolute Gasteiger partial charge is 0.293 e. The summed E-state index contributed by atoms with van der Waals surface area (Å²) in [5, 5.41) is -0.571. The van der Waals surface area contributed by atoms with Gasteiger partial charge in [-0.25, -0.2) is 4.90 Å². The minimum atomic E-state index is -0.340. The van der Waals surface area contributed by atoms with Gasteiger partial charge in [-0.3, -0.25) is 9.59 Å². The molecular formula is C18H17NO3S. The van der Waals surface area contributed by atoms with Gasteiger partial charge < -0.3 is 4.74 Å². The summed E-state index contributed by atoms with van der Waals surface area (Å²) in [6, 6.07) is 15.1. The van der Waals surface area contributed by atoms with Gasteiger partial charge in [0.15, 0.2) is 0 Å². The van der Waals surface area contributed by atoms with E-state index in [1.54, 1.807) is 13.0 Å². The van der Waals surface area contributed by atoms with Crippen LogP contribution in [0.15, 0.2) is 48.5 Å². The minimum Gasteiger partial charge on any atom is -0.489 e. The lowest BCUT2D eigenvalue weighted by molar-refractivity contribution is -0.116. The lowest BCUT2D eigenvalue weighted by atomic mass is 10.1. The average Bonchev–Trinajstić information content (AvgIpc) is 2.80. The maximum Gasteiger partial charge on any atom is 0.293 e. The average molecular weight is 327 g/mol. The molecule has 1 fully saturated rings. The van der Waals surface area contributed by atoms with E-state index >= 15 is 0 Å². The molecule has 1 atom stereocenters. The summed E-state index contributed by atoms with van der Waals surface area (Å²) in [5.74, 6) is 0.618. The van der Waals surface area contributed by atoms with Crippen molar-refractivity contribution < 1.29 is 14.3 Å². The molecule has 4 nitrogen and oxygen atoms in total. The Bertz CT molecular complexity index is 759. The van der Waals surface area contributed by atoms with E-state index in [1.165, 1.54) is 4.90 Å². The van der Waals surface area contributed by atoms with E-state index in [9.17, 15) is 9.59 Å². The molecule has 2 aromatic carbocycles. The van der Waals surface area contributed by atoms with Crippen LogP contribution in [0, 0.1) is 6.92 Å². The van der Waals surface area contributed by atoms with Gasteiger partial charge in [0.1, 0.15) is 12.4 Å². The van der Waals surface area contributed by atoms with Crippen LogP contribution in [0.25, 0.3) is 0 Å². The molecule has 0 saturated carbocycles. The summed E-state index contributed by atoms with van der Waals surface area (Å²) >= 11 is 1.05. The van der Waals surface area contributed by atoms with E-state index < -0.39 is 0 Å². The van der Waals surface area contributed by atoms with E-state index in [1.807, 2.05) is 49.4 Å². The molecule has 118 valence electrons. The zero-order valence-electron chi connectivity index (χ0n) is 13.0. The number of anilines is 1. The lowest BCUT2D eigenvalue weighted by Gasteiger charge is -2.18. The highest BCUT2D eigenvalue weighted by Gasteiger charge is 2.38. The number of thioether (sulfide) groups is 1. The summed E-state index contributed by atoms with van der Waals surface area (Å²) in [6.07, 6.45) is 0. The van der Waals surface area contributed by atoms with Crippen LogP contribution in [0.2, 0.25) is 0 Å². The summed E-state index contributed by atoms with van der Waals surface area (Å²) < 4.78 is 5.86. The number of para-hydroxylation sites is 2. The third-order valence-electron chi connectivity index (χ3n) is 3.74. The third-order valence-corrected chi connectivity index (χ3v) is 4.68. The maximum absolute atomic E-state index is 12.2. The van der Waals surface area contributed by atoms with Gasteiger partial charge in [0.2, 0.25) is 5.91 Å². The van der Waals surface area contributed by atoms with Gasteiger partial charge in [-0.05, 0) is 31.5 Å². The predicted molar refractivity (Wildman–Crippen MR) is 91.9 cm³/mol. The molecule has 0 bridgehead atoms. The Kier molecular flexibility index (Phi) is 4.39. The van der Waals surface area contributed by atoms with Gasteiger partial charge in [0.05, 0.1) is 10.9 Å². The van der Waals surface area contributed by atoms with Crippen LogP contribution in [0.1, 0.15) is 18.1 Å². The molecular weight excluding hydrogens is 310 g/mol. The maximum atomic E-state index is 12.2. The first-order chi connectivity index (χ1) is 11.1. The molecule has 5 heteroatoms. The number of ether oxygens (including phenoxy) is 1. The van der Waals surface area contributed by atoms with Gasteiger partial charge in [-0.1, -0.05) is 48.2 Å². The fourth-order valence-corrected chi connectivity index (χ4v) is 3.27. The summed E-state index contributed by atoms with van der Waals surface area (Å²) in [5.41, 5.74) is 2.46. The van der Waals surface area contributed by atoms with Crippen LogP contribution in [-0.2, 0) is 11.4 Å². The first kappa shape index (κ1) is 15.6. The lowest BCUT2D eigenvalue weighted by Crippen LogP contribution is -2.31. The summed E-state index contributed by atoms with van der Waals surface area (Å²) in [6.45, 7) is 4.03. The number of benzene rings is 2. The van der Waals surface area contributed by atoms with Gasteiger partial charge in [-0.15, -0.1) is 0 Å². The highest BCUT2D eigenvalue weighted by atomic mass is 32.2. The third kappa shape index (κ3) is 3.10. The number of hydrogen-bond donors (Lipinski definition) is 0. The molecule has 0 spiro atoms. The summed E-state index contributed by atoms with van der Waals surface area (Å²) in [7, 11) is 0. The van der Waals surface area contributed by atoms with Crippen molar-refractivity contribution in [3.63, 3.8) is 0 Å². The molecule has 0 radical (unpaired) electrons. The Hall–Kier alpha value is -2.27. The van der Waals surface area contributed by atoms with Crippen molar-refractivity contribution in [3.8, 4) is 5.75 Å². The molecule has 0 N–H and O–H groups in total. The Morgan fingerprint density at radius 1 is 1.09 bits per heavy atom. The second-order valence-corrected chi connectivity index (χ2v) is 6.67. The highest BCUT2D eigenvalue weighted by Crippen LogP contribution is 2.33. The van der Waals surface area contributed by atoms with Crippen molar-refractivity contribution in [3.05, 3.63) is 59.7 Å². The number of carbonyl (C=O) groups is 2. The van der Waals surface area contributed by atoms with Crippen LogP contribution >= 0.6 is 11.8 Å². The van der Waals surface area contributed by atoms with Crippen molar-refractivity contribution in [2.75, 3.05) is 4.90 Å². The number of amides is 2. The molecule has 0 aromatic heterocycles. The van der Waals surface area contributed by atoms with Crippen LogP contribution in [0.5, 0.6) is 5.75 Å². The molecule has 3 rings (SSSR count). The number of rotatable bonds is 4. The largest absolute Gasteiger partial charge is 0.489 e. The van der Waals surface area contributed by atoms with Crippen molar-refractivity contribution in [1.82, 2.24) is 0 Å². The molecule has 1 saturated heterocycles. The van der Waals surface area contributed by atoms with E-state index in [0.717, 1.165) is 28.6 Å². The normalized spacial score (nSPS) is 17.7. The van der Waals surface area contributed by atoms with Crippen molar-refractivity contribution in [2.45, 2.75) is 25.7 Å². The van der Waals surface area contributed by atoms with Gasteiger partial charge in [-0.2, -0.15) is 0 Å². The Balaban J connectivity index is 1.86. The van der Waals surface area contributed by atoms with Gasteiger partial charge in [0, 0.05) is 5.56 Å². The van der Waals surface area contributed by atoms with Crippen molar-refractivity contribution in [2.24, 2.45) is 0 Å². The quantitative estimate of drug-likeness (QED) is 0.846. The van der Waals surface area contributed by atoms with E-state index in [0.29, 0.717) is 12.3 Å². The van der Waals surface area contributed by atoms with Crippen LogP contribution in [0.3, 0.4) is 0 Å². The Morgan fingerprint density at radius 2 is 1.78 bits per heavy atom. The highest BCUT2D eigenvalue weighted by molar-refractivity contribution is 8.15. The van der Waals surface area contributed by atoms with Crippen LogP contribution in [0.4, 0.5) is 10.5 Å². The zero-order chi connectivity index (χ0) is 16.4. The molecule has 1 aliphatic heterocycles. The molecule has 0 aliphatic carbocycles. The molecule has 2 aromatic rings. The Morgan fingerprint density at radius 3 is 2.48 bits per heavy atom. The fraction of sp³-hybridized carbons (Fsp3) is 0.222. The number of aryl methyl sites for hydroxylation is 1. The second-order valence-electron chi connectivity index (χ2n) is 5.38. The van der Waals surface area contributed by atoms with Crippen LogP contribution in [-0.4, -0.2) is 16.4 Å². The standard InChI is InChI=1S/C18H17NO3S/c1-12-7-3-6-10-16(12)22-11-14-8-4-5-9-15(14)19-17(20)13(2)23-18(19)21/h3-10,13H,11H2,1-2H3. The zero-order valence-corrected chi connectivity index (χ0v) is 13.8. The van der Waals surface area contributed by atoms with E-state index in [4.69, 9.17) is 4.74 Å². The van der Waals surface area contributed by atoms with E-state index in [-0.39, 0.29) is 16.4 Å². The number of hydrogen-bond acceptors (Lipinski definition) is 4. The number of imide groups is 1.